The summed E-state index contributed by atoms with van der Waals surface area (Å²) in [6.07, 6.45) is 0.157. The third kappa shape index (κ3) is 6.11. The van der Waals surface area contributed by atoms with E-state index in [4.69, 9.17) is 9.47 Å². The Kier molecular flexibility index (Phi) is 8.21. The number of halogens is 2. The summed E-state index contributed by atoms with van der Waals surface area (Å²) in [6, 6.07) is 21.1. The van der Waals surface area contributed by atoms with Crippen LogP contribution in [0.1, 0.15) is 34.8 Å². The first-order valence-electron chi connectivity index (χ1n) is 12.7. The fourth-order valence-electron chi connectivity index (χ4n) is 4.18. The number of aryl methyl sites for hydroxylation is 1. The van der Waals surface area contributed by atoms with Gasteiger partial charge in [0.05, 0.1) is 16.3 Å². The van der Waals surface area contributed by atoms with Crippen LogP contribution >= 0.6 is 11.5 Å². The number of benzene rings is 3. The lowest BCUT2D eigenvalue weighted by Crippen LogP contribution is -2.16. The van der Waals surface area contributed by atoms with Crippen LogP contribution < -0.4 is 10.1 Å². The molecule has 2 heterocycles. The quantitative estimate of drug-likeness (QED) is 0.188. The minimum Gasteiger partial charge on any atom is -0.476 e. The van der Waals surface area contributed by atoms with Crippen LogP contribution in [-0.4, -0.2) is 26.5 Å². The van der Waals surface area contributed by atoms with Gasteiger partial charge in [-0.05, 0) is 71.9 Å². The van der Waals surface area contributed by atoms with Crippen molar-refractivity contribution < 1.29 is 33.0 Å². The number of hydrogen-bond acceptors (Lipinski definition) is 7. The van der Waals surface area contributed by atoms with Crippen molar-refractivity contribution in [2.45, 2.75) is 20.0 Å². The van der Waals surface area contributed by atoms with E-state index >= 15 is 0 Å². The molecule has 8 nitrogen and oxygen atoms in total. The molecule has 0 bridgehead atoms. The average Bonchev–Trinajstić information content (AvgIpc) is 3.34. The fourth-order valence-corrected chi connectivity index (χ4v) is 5.03. The van der Waals surface area contributed by atoms with Crippen molar-refractivity contribution >= 4 is 29.3 Å². The molecule has 11 heteroatoms. The highest BCUT2D eigenvalue weighted by Crippen LogP contribution is 2.37. The Labute approximate surface area is 243 Å². The van der Waals surface area contributed by atoms with Crippen LogP contribution in [-0.2, 0) is 4.74 Å². The summed E-state index contributed by atoms with van der Waals surface area (Å²) in [5, 5.41) is 12.0. The lowest BCUT2D eigenvalue weighted by atomic mass is 10.0. The Morgan fingerprint density at radius 3 is 2.26 bits per heavy atom. The molecular formula is C31H23F2N3O5S. The van der Waals surface area contributed by atoms with Gasteiger partial charge >= 0.3 is 12.1 Å². The molecule has 0 unspecified atom stereocenters. The lowest BCUT2D eigenvalue weighted by Gasteiger charge is -2.15. The van der Waals surface area contributed by atoms with Crippen molar-refractivity contribution in [2.75, 3.05) is 5.32 Å². The minimum atomic E-state index is -1.39. The van der Waals surface area contributed by atoms with Crippen molar-refractivity contribution in [1.82, 2.24) is 9.36 Å². The summed E-state index contributed by atoms with van der Waals surface area (Å²) in [4.78, 5) is 28.4. The predicted octanol–water partition coefficient (Wildman–Crippen LogP) is 8.26. The summed E-state index contributed by atoms with van der Waals surface area (Å²) < 4.78 is 45.0. The van der Waals surface area contributed by atoms with Crippen LogP contribution in [0.25, 0.3) is 21.6 Å². The number of pyridine rings is 1. The van der Waals surface area contributed by atoms with Crippen LogP contribution in [0.3, 0.4) is 0 Å². The predicted molar refractivity (Wildman–Crippen MR) is 154 cm³/mol. The van der Waals surface area contributed by atoms with Crippen molar-refractivity contribution in [3.05, 3.63) is 114 Å². The van der Waals surface area contributed by atoms with Gasteiger partial charge < -0.3 is 14.6 Å². The van der Waals surface area contributed by atoms with E-state index in [9.17, 15) is 23.5 Å². The second-order valence-corrected chi connectivity index (χ2v) is 9.93. The zero-order valence-electron chi connectivity index (χ0n) is 22.3. The van der Waals surface area contributed by atoms with Gasteiger partial charge in [-0.1, -0.05) is 54.6 Å². The van der Waals surface area contributed by atoms with Crippen LogP contribution in [0.5, 0.6) is 11.5 Å². The first-order valence-corrected chi connectivity index (χ1v) is 13.4. The van der Waals surface area contributed by atoms with Gasteiger partial charge in [0.2, 0.25) is 0 Å². The average molecular weight is 588 g/mol. The smallest absolute Gasteiger partial charge is 0.412 e. The molecule has 2 aromatic heterocycles. The summed E-state index contributed by atoms with van der Waals surface area (Å²) >= 11 is 1.20. The van der Waals surface area contributed by atoms with E-state index in [0.717, 1.165) is 23.3 Å². The van der Waals surface area contributed by atoms with Gasteiger partial charge in [0, 0.05) is 6.20 Å². The molecule has 1 amide bonds. The summed E-state index contributed by atoms with van der Waals surface area (Å²) in [5.41, 5.74) is 3.00. The molecule has 0 aliphatic carbocycles. The fraction of sp³-hybridized carbons (Fsp3) is 0.0968. The Hall–Kier alpha value is -5.16. The number of carboxylic acids is 1. The van der Waals surface area contributed by atoms with Crippen LogP contribution in [0.2, 0.25) is 0 Å². The molecule has 0 aliphatic heterocycles. The second kappa shape index (κ2) is 12.1. The van der Waals surface area contributed by atoms with E-state index in [1.54, 1.807) is 38.1 Å². The van der Waals surface area contributed by atoms with E-state index in [2.05, 4.69) is 14.7 Å². The Morgan fingerprint density at radius 1 is 0.929 bits per heavy atom. The number of nitrogens with one attached hydrogen (secondary N) is 1. The number of carboxylic acid groups (broad SMARTS) is 1. The van der Waals surface area contributed by atoms with Gasteiger partial charge in [0.25, 0.3) is 0 Å². The van der Waals surface area contributed by atoms with E-state index in [0.29, 0.717) is 21.8 Å². The summed E-state index contributed by atoms with van der Waals surface area (Å²) in [6.45, 7) is 3.55. The molecule has 0 aliphatic rings. The van der Waals surface area contributed by atoms with E-state index < -0.39 is 41.2 Å². The number of anilines is 1. The van der Waals surface area contributed by atoms with Gasteiger partial charge in [-0.3, -0.25) is 5.32 Å². The maximum Gasteiger partial charge on any atom is 0.412 e. The van der Waals surface area contributed by atoms with E-state index in [1.807, 2.05) is 30.3 Å². The number of aromatic carboxylic acids is 1. The molecule has 0 spiro atoms. The van der Waals surface area contributed by atoms with Crippen molar-refractivity contribution in [3.63, 3.8) is 0 Å². The van der Waals surface area contributed by atoms with Crippen LogP contribution in [0.4, 0.5) is 19.3 Å². The molecular weight excluding hydrogens is 564 g/mol. The zero-order chi connectivity index (χ0) is 29.8. The third-order valence-corrected chi connectivity index (χ3v) is 7.29. The normalized spacial score (nSPS) is 11.5. The molecule has 5 rings (SSSR count). The molecule has 2 N–H and O–H groups in total. The number of carbonyl (C=O) groups excluding carboxylic acids is 1. The summed E-state index contributed by atoms with van der Waals surface area (Å²) in [5.74, 6) is -4.45. The molecule has 0 saturated carbocycles. The number of nitrogens with zero attached hydrogens (tertiary/aromatic N) is 2. The Balaban J connectivity index is 1.34. The monoisotopic (exact) mass is 587 g/mol. The molecule has 3 aromatic carbocycles. The van der Waals surface area contributed by atoms with E-state index in [-0.39, 0.29) is 11.3 Å². The SMILES string of the molecule is Cc1nsc(-c2ccc(-c3cc(F)c(Oc4cccnc4C(=O)O)c(F)c3)cc2)c1NC(=O)O[C@H](C)c1ccccc1. The molecule has 0 fully saturated rings. The van der Waals surface area contributed by atoms with Crippen molar-refractivity contribution in [1.29, 1.82) is 0 Å². The van der Waals surface area contributed by atoms with Gasteiger partial charge in [-0.25, -0.2) is 23.4 Å². The number of ether oxygens (including phenoxy) is 2. The molecule has 1 atom stereocenters. The van der Waals surface area contributed by atoms with Gasteiger partial charge in [0.15, 0.2) is 28.8 Å². The zero-order valence-corrected chi connectivity index (χ0v) is 23.1. The van der Waals surface area contributed by atoms with Gasteiger partial charge in [-0.15, -0.1) is 0 Å². The topological polar surface area (TPSA) is 111 Å². The van der Waals surface area contributed by atoms with Crippen LogP contribution in [0, 0.1) is 18.6 Å². The largest absolute Gasteiger partial charge is 0.476 e. The summed E-state index contributed by atoms with van der Waals surface area (Å²) in [7, 11) is 0. The maximum absolute atomic E-state index is 14.9. The third-order valence-electron chi connectivity index (χ3n) is 6.31. The van der Waals surface area contributed by atoms with Gasteiger partial charge in [-0.2, -0.15) is 4.37 Å². The molecule has 0 saturated heterocycles. The highest BCUT2D eigenvalue weighted by atomic mass is 32.1. The lowest BCUT2D eigenvalue weighted by molar-refractivity contribution is 0.0687. The van der Waals surface area contributed by atoms with Gasteiger partial charge in [0.1, 0.15) is 6.10 Å². The second-order valence-electron chi connectivity index (χ2n) is 9.16. The number of rotatable bonds is 8. The van der Waals surface area contributed by atoms with E-state index in [1.165, 1.54) is 29.9 Å². The minimum absolute atomic E-state index is 0.242. The van der Waals surface area contributed by atoms with Crippen molar-refractivity contribution in [3.8, 4) is 33.1 Å². The molecule has 5 aromatic rings. The molecule has 0 radical (unpaired) electrons. The van der Waals surface area contributed by atoms with Crippen molar-refractivity contribution in [2.24, 2.45) is 0 Å². The number of amides is 1. The Morgan fingerprint density at radius 2 is 1.60 bits per heavy atom. The number of hydrogen-bond donors (Lipinski definition) is 2. The first-order chi connectivity index (χ1) is 20.2. The van der Waals surface area contributed by atoms with Crippen LogP contribution in [0.15, 0.2) is 85.1 Å². The first kappa shape index (κ1) is 28.4. The molecule has 212 valence electrons. The number of carbonyl (C=O) groups is 2. The number of aromatic nitrogens is 2. The Bertz CT molecular complexity index is 1740. The standard InChI is InChI=1S/C31H23F2N3O5S/c1-17-26(35-31(39)40-18(2)19-7-4-3-5-8-19)29(42-36-17)21-12-10-20(11-13-21)22-15-23(32)28(24(33)16-22)41-25-9-6-14-34-27(25)30(37)38/h3-16,18H,1-2H3,(H,35,39)(H,37,38)/t18-/m1/s1. The molecule has 42 heavy (non-hydrogen) atoms. The highest BCUT2D eigenvalue weighted by Gasteiger charge is 2.21. The highest BCUT2D eigenvalue weighted by molar-refractivity contribution is 7.10. The maximum atomic E-state index is 14.9.